The number of alkyl halides is 6. The maximum absolute atomic E-state index is 13.1. The van der Waals surface area contributed by atoms with Gasteiger partial charge in [-0.15, -0.1) is 0 Å². The van der Waals surface area contributed by atoms with Crippen LogP contribution in [0.5, 0.6) is 0 Å². The van der Waals surface area contributed by atoms with E-state index in [2.05, 4.69) is 15.3 Å². The number of benzene rings is 1. The number of pyridine rings is 1. The Morgan fingerprint density at radius 2 is 1.79 bits per heavy atom. The number of anilines is 1. The number of nitrogens with one attached hydrogen (secondary N) is 3. The number of rotatable bonds is 11. The molecule has 0 saturated heterocycles. The molecule has 0 aliphatic carbocycles. The van der Waals surface area contributed by atoms with E-state index in [0.29, 0.717) is 0 Å². The third-order valence-corrected chi connectivity index (χ3v) is 5.98. The summed E-state index contributed by atoms with van der Waals surface area (Å²) in [6, 6.07) is 5.09. The predicted molar refractivity (Wildman–Crippen MR) is 136 cm³/mol. The van der Waals surface area contributed by atoms with Crippen molar-refractivity contribution in [2.75, 3.05) is 5.32 Å². The van der Waals surface area contributed by atoms with E-state index < -0.39 is 54.2 Å². The standard InChI is InChI=1S/C25H24F6N6O5/c26-24(27,28)17(25(29,30)31)11-13-5-3-7-14-20(13)36-19(33-14)12-37-10-4-8-16(22(37)40)34-21(39)15(35-23(41)42)6-1-2-9-18(32)38/h2-5,7-10,15,17,35H,1,6,11-12H2,(H2,32,38)(H,33,36)(H,34,39)(H,41,42)/b9-2+. The van der Waals surface area contributed by atoms with Crippen molar-refractivity contribution >= 4 is 34.6 Å². The summed E-state index contributed by atoms with van der Waals surface area (Å²) in [4.78, 5) is 54.5. The van der Waals surface area contributed by atoms with Crippen LogP contribution in [0.15, 0.2) is 53.5 Å². The van der Waals surface area contributed by atoms with Crippen LogP contribution in [0, 0.1) is 5.92 Å². The van der Waals surface area contributed by atoms with Crippen LogP contribution in [-0.2, 0) is 22.6 Å². The Bertz CT molecular complexity index is 1530. The van der Waals surface area contributed by atoms with Crippen molar-refractivity contribution in [3.05, 3.63) is 70.4 Å². The minimum absolute atomic E-state index is 0.0326. The van der Waals surface area contributed by atoms with Gasteiger partial charge < -0.3 is 31.0 Å². The van der Waals surface area contributed by atoms with Crippen molar-refractivity contribution in [2.45, 2.75) is 44.2 Å². The lowest BCUT2D eigenvalue weighted by Gasteiger charge is -2.23. The fourth-order valence-corrected chi connectivity index (χ4v) is 4.04. The van der Waals surface area contributed by atoms with Crippen LogP contribution >= 0.6 is 0 Å². The van der Waals surface area contributed by atoms with Gasteiger partial charge in [-0.05, 0) is 49.1 Å². The number of aromatic nitrogens is 3. The molecular formula is C25H24F6N6O5. The van der Waals surface area contributed by atoms with Gasteiger partial charge in [0.15, 0.2) is 5.92 Å². The molecule has 2 heterocycles. The third kappa shape index (κ3) is 8.34. The fraction of sp³-hybridized carbons (Fsp3) is 0.320. The average molecular weight is 602 g/mol. The zero-order valence-corrected chi connectivity index (χ0v) is 21.4. The van der Waals surface area contributed by atoms with Crippen LogP contribution in [-0.4, -0.2) is 55.9 Å². The summed E-state index contributed by atoms with van der Waals surface area (Å²) in [5.74, 6) is -5.18. The molecule has 0 bridgehead atoms. The monoisotopic (exact) mass is 602 g/mol. The molecule has 2 aromatic heterocycles. The van der Waals surface area contributed by atoms with Crippen LogP contribution in [0.2, 0.25) is 0 Å². The molecule has 1 atom stereocenters. The summed E-state index contributed by atoms with van der Waals surface area (Å²) >= 11 is 0. The molecular weight excluding hydrogens is 578 g/mol. The minimum Gasteiger partial charge on any atom is -0.465 e. The van der Waals surface area contributed by atoms with Gasteiger partial charge in [-0.2, -0.15) is 26.3 Å². The molecule has 3 amide bonds. The van der Waals surface area contributed by atoms with E-state index in [1.165, 1.54) is 36.5 Å². The summed E-state index contributed by atoms with van der Waals surface area (Å²) in [5.41, 5.74) is 3.69. The van der Waals surface area contributed by atoms with E-state index >= 15 is 0 Å². The highest BCUT2D eigenvalue weighted by Crippen LogP contribution is 2.41. The van der Waals surface area contributed by atoms with Crippen molar-refractivity contribution in [1.82, 2.24) is 19.9 Å². The molecule has 42 heavy (non-hydrogen) atoms. The van der Waals surface area contributed by atoms with Gasteiger partial charge in [0.25, 0.3) is 5.56 Å². The second kappa shape index (κ2) is 12.8. The highest BCUT2D eigenvalue weighted by molar-refractivity contribution is 5.96. The van der Waals surface area contributed by atoms with E-state index in [1.807, 2.05) is 5.32 Å². The quantitative estimate of drug-likeness (QED) is 0.166. The highest BCUT2D eigenvalue weighted by atomic mass is 19.4. The molecule has 0 saturated carbocycles. The molecule has 0 spiro atoms. The number of aromatic amines is 1. The number of halogens is 6. The second-order valence-electron chi connectivity index (χ2n) is 9.07. The molecule has 0 radical (unpaired) electrons. The lowest BCUT2D eigenvalue weighted by Crippen LogP contribution is -2.44. The smallest absolute Gasteiger partial charge is 0.405 e. The van der Waals surface area contributed by atoms with Crippen LogP contribution in [0.25, 0.3) is 11.0 Å². The van der Waals surface area contributed by atoms with Gasteiger partial charge >= 0.3 is 18.4 Å². The maximum atomic E-state index is 13.1. The van der Waals surface area contributed by atoms with Crippen molar-refractivity contribution < 1.29 is 45.8 Å². The normalized spacial score (nSPS) is 13.0. The molecule has 0 aliphatic rings. The second-order valence-corrected chi connectivity index (χ2v) is 9.07. The molecule has 0 fully saturated rings. The zero-order valence-electron chi connectivity index (χ0n) is 21.4. The number of nitrogens with zero attached hydrogens (tertiary/aromatic N) is 2. The van der Waals surface area contributed by atoms with E-state index in [4.69, 9.17) is 10.8 Å². The van der Waals surface area contributed by atoms with Crippen LogP contribution < -0.4 is 21.9 Å². The Balaban J connectivity index is 1.82. The molecule has 1 aromatic carbocycles. The maximum Gasteiger partial charge on any atom is 0.405 e. The summed E-state index contributed by atoms with van der Waals surface area (Å²) in [5, 5.41) is 13.4. The number of hydrogen-bond acceptors (Lipinski definition) is 5. The summed E-state index contributed by atoms with van der Waals surface area (Å²) < 4.78 is 79.8. The molecule has 0 aliphatic heterocycles. The van der Waals surface area contributed by atoms with Crippen LogP contribution in [0.4, 0.5) is 36.8 Å². The van der Waals surface area contributed by atoms with Crippen molar-refractivity contribution in [1.29, 1.82) is 0 Å². The Labute approximate surface area is 232 Å². The lowest BCUT2D eigenvalue weighted by atomic mass is 9.97. The number of carbonyl (C=O) groups excluding carboxylic acids is 2. The molecule has 3 aromatic rings. The number of nitrogens with two attached hydrogens (primary N) is 1. The molecule has 17 heteroatoms. The van der Waals surface area contributed by atoms with Gasteiger partial charge in [0, 0.05) is 6.20 Å². The Morgan fingerprint density at radius 1 is 1.10 bits per heavy atom. The summed E-state index contributed by atoms with van der Waals surface area (Å²) in [6.45, 7) is -0.298. The van der Waals surface area contributed by atoms with Gasteiger partial charge in [0.2, 0.25) is 11.8 Å². The molecule has 11 nitrogen and oxygen atoms in total. The van der Waals surface area contributed by atoms with E-state index in [9.17, 15) is 45.5 Å². The van der Waals surface area contributed by atoms with Crippen LogP contribution in [0.1, 0.15) is 24.2 Å². The number of allylic oxidation sites excluding steroid dienone is 1. The number of primary amides is 1. The van der Waals surface area contributed by atoms with Gasteiger partial charge in [-0.25, -0.2) is 9.78 Å². The summed E-state index contributed by atoms with van der Waals surface area (Å²) in [6.07, 6.45) is -10.3. The highest BCUT2D eigenvalue weighted by Gasteiger charge is 2.56. The number of carbonyl (C=O) groups is 3. The first kappa shape index (κ1) is 31.7. The Kier molecular flexibility index (Phi) is 9.64. The zero-order chi connectivity index (χ0) is 31.2. The number of amides is 3. The van der Waals surface area contributed by atoms with Gasteiger partial charge in [-0.1, -0.05) is 18.2 Å². The minimum atomic E-state index is -5.53. The largest absolute Gasteiger partial charge is 0.465 e. The van der Waals surface area contributed by atoms with Gasteiger partial charge in [-0.3, -0.25) is 14.4 Å². The predicted octanol–water partition coefficient (Wildman–Crippen LogP) is 3.45. The van der Waals surface area contributed by atoms with E-state index in [0.717, 1.165) is 16.7 Å². The molecule has 6 N–H and O–H groups in total. The fourth-order valence-electron chi connectivity index (χ4n) is 4.04. The lowest BCUT2D eigenvalue weighted by molar-refractivity contribution is -0.283. The number of para-hydroxylation sites is 1. The molecule has 1 unspecified atom stereocenters. The topological polar surface area (TPSA) is 172 Å². The third-order valence-electron chi connectivity index (χ3n) is 5.98. The number of carboxylic acid groups (broad SMARTS) is 1. The number of H-pyrrole nitrogens is 1. The first-order valence-corrected chi connectivity index (χ1v) is 12.1. The molecule has 226 valence electrons. The summed E-state index contributed by atoms with van der Waals surface area (Å²) in [7, 11) is 0. The first-order valence-electron chi connectivity index (χ1n) is 12.1. The van der Waals surface area contributed by atoms with E-state index in [1.54, 1.807) is 0 Å². The Morgan fingerprint density at radius 3 is 2.40 bits per heavy atom. The van der Waals surface area contributed by atoms with Gasteiger partial charge in [0.1, 0.15) is 17.6 Å². The molecule has 3 rings (SSSR count). The van der Waals surface area contributed by atoms with Crippen molar-refractivity contribution in [3.8, 4) is 0 Å². The number of imidazole rings is 1. The van der Waals surface area contributed by atoms with Crippen LogP contribution in [0.3, 0.4) is 0 Å². The van der Waals surface area contributed by atoms with Gasteiger partial charge in [0.05, 0.1) is 17.6 Å². The first-order chi connectivity index (χ1) is 19.6. The average Bonchev–Trinajstić information content (AvgIpc) is 3.28. The van der Waals surface area contributed by atoms with Crippen molar-refractivity contribution in [2.24, 2.45) is 11.7 Å². The Hall–Kier alpha value is -4.83. The number of hydrogen-bond donors (Lipinski definition) is 5. The van der Waals surface area contributed by atoms with E-state index in [-0.39, 0.29) is 47.5 Å². The number of fused-ring (bicyclic) bond motifs is 1. The van der Waals surface area contributed by atoms with Crippen molar-refractivity contribution in [3.63, 3.8) is 0 Å². The SMILES string of the molecule is NC(=O)/C=C/CCC(NC(=O)O)C(=O)Nc1cccn(Cc2nc3c(CC(C(F)(F)F)C(F)(F)F)cccc3[nH]2)c1=O.